The molecule has 1 rings (SSSR count). The summed E-state index contributed by atoms with van der Waals surface area (Å²) in [6.45, 7) is 1.36. The average Bonchev–Trinajstić information content (AvgIpc) is 2.50. The molecule has 0 fully saturated rings. The van der Waals surface area contributed by atoms with E-state index < -0.39 is 5.97 Å². The molecule has 0 bridgehead atoms. The van der Waals surface area contributed by atoms with E-state index in [4.69, 9.17) is 4.42 Å². The Kier molecular flexibility index (Phi) is 2.28. The summed E-state index contributed by atoms with van der Waals surface area (Å²) in [6, 6.07) is 0. The van der Waals surface area contributed by atoms with E-state index in [1.807, 2.05) is 0 Å². The van der Waals surface area contributed by atoms with Crippen LogP contribution in [0, 0.1) is 0 Å². The summed E-state index contributed by atoms with van der Waals surface area (Å²) in [5, 5.41) is 0. The summed E-state index contributed by atoms with van der Waals surface area (Å²) in [5.74, 6) is -0.780. The summed E-state index contributed by atoms with van der Waals surface area (Å²) >= 11 is 0. The first kappa shape index (κ1) is 8.52. The largest absolute Gasteiger partial charge is 0.471 e. The molecule has 0 unspecified atom stereocenters. The molecule has 0 spiro atoms. The lowest BCUT2D eigenvalue weighted by Gasteiger charge is -1.95. The number of ether oxygens (including phenoxy) is 1. The van der Waals surface area contributed by atoms with Crippen molar-refractivity contribution in [3.63, 3.8) is 0 Å². The highest BCUT2D eigenvalue weighted by Crippen LogP contribution is 2.11. The summed E-state index contributed by atoms with van der Waals surface area (Å²) < 4.78 is 9.14. The van der Waals surface area contributed by atoms with E-state index in [-0.39, 0.29) is 16.9 Å². The molecule has 0 aliphatic rings. The van der Waals surface area contributed by atoms with Crippen molar-refractivity contribution in [1.29, 1.82) is 0 Å². The molecule has 0 radical (unpaired) electrons. The Labute approximate surface area is 69.1 Å². The smallest absolute Gasteiger partial charge is 0.341 e. The molecule has 0 aliphatic heterocycles. The number of carbonyl (C=O) groups is 2. The zero-order valence-corrected chi connectivity index (χ0v) is 6.79. The van der Waals surface area contributed by atoms with Gasteiger partial charge in [0, 0.05) is 0 Å². The number of rotatable bonds is 2. The van der Waals surface area contributed by atoms with Gasteiger partial charge in [-0.25, -0.2) is 4.79 Å². The molecule has 1 aromatic rings. The standard InChI is InChI=1S/C8H8O4/c1-5(9)6-3-12-4-7(6)8(10)11-2/h3-4H,1-2H3. The van der Waals surface area contributed by atoms with Crippen LogP contribution >= 0.6 is 0 Å². The Hall–Kier alpha value is -1.58. The van der Waals surface area contributed by atoms with E-state index in [1.54, 1.807) is 0 Å². The highest BCUT2D eigenvalue weighted by Gasteiger charge is 2.16. The van der Waals surface area contributed by atoms with Crippen LogP contribution in [-0.4, -0.2) is 18.9 Å². The zero-order chi connectivity index (χ0) is 9.14. The van der Waals surface area contributed by atoms with Gasteiger partial charge < -0.3 is 9.15 Å². The lowest BCUT2D eigenvalue weighted by atomic mass is 10.1. The molecule has 4 heteroatoms. The predicted molar refractivity (Wildman–Crippen MR) is 40.1 cm³/mol. The van der Waals surface area contributed by atoms with Crippen molar-refractivity contribution in [2.45, 2.75) is 6.92 Å². The van der Waals surface area contributed by atoms with Crippen molar-refractivity contribution in [3.8, 4) is 0 Å². The van der Waals surface area contributed by atoms with Gasteiger partial charge in [-0.2, -0.15) is 0 Å². The molecule has 64 valence electrons. The van der Waals surface area contributed by atoms with E-state index in [1.165, 1.54) is 26.6 Å². The third kappa shape index (κ3) is 1.37. The Morgan fingerprint density at radius 1 is 1.33 bits per heavy atom. The van der Waals surface area contributed by atoms with Gasteiger partial charge in [0.05, 0.1) is 12.7 Å². The maximum absolute atomic E-state index is 11.0. The molecule has 0 aliphatic carbocycles. The van der Waals surface area contributed by atoms with Crippen molar-refractivity contribution >= 4 is 11.8 Å². The van der Waals surface area contributed by atoms with Gasteiger partial charge in [-0.15, -0.1) is 0 Å². The Balaban J connectivity index is 3.07. The minimum Gasteiger partial charge on any atom is -0.471 e. The Bertz CT molecular complexity index is 311. The Morgan fingerprint density at radius 2 is 1.92 bits per heavy atom. The van der Waals surface area contributed by atoms with Gasteiger partial charge in [-0.1, -0.05) is 0 Å². The SMILES string of the molecule is COC(=O)c1cocc1C(C)=O. The summed E-state index contributed by atoms with van der Waals surface area (Å²) in [4.78, 5) is 21.8. The van der Waals surface area contributed by atoms with Crippen LogP contribution in [0.2, 0.25) is 0 Å². The normalized spacial score (nSPS) is 9.50. The molecule has 0 atom stereocenters. The van der Waals surface area contributed by atoms with Crippen molar-refractivity contribution in [3.05, 3.63) is 23.7 Å². The Morgan fingerprint density at radius 3 is 2.42 bits per heavy atom. The second kappa shape index (κ2) is 3.21. The molecule has 1 aromatic heterocycles. The van der Waals surface area contributed by atoms with Crippen LogP contribution in [0.3, 0.4) is 0 Å². The lowest BCUT2D eigenvalue weighted by molar-refractivity contribution is 0.0596. The first-order valence-corrected chi connectivity index (χ1v) is 3.32. The van der Waals surface area contributed by atoms with Gasteiger partial charge in [0.15, 0.2) is 5.78 Å². The summed E-state index contributed by atoms with van der Waals surface area (Å²) in [7, 11) is 1.25. The molecule has 0 saturated heterocycles. The van der Waals surface area contributed by atoms with Crippen LogP contribution in [-0.2, 0) is 4.74 Å². The van der Waals surface area contributed by atoms with Crippen LogP contribution < -0.4 is 0 Å². The second-order valence-electron chi connectivity index (χ2n) is 2.25. The minimum absolute atomic E-state index is 0.171. The molecular weight excluding hydrogens is 160 g/mol. The molecule has 12 heavy (non-hydrogen) atoms. The van der Waals surface area contributed by atoms with Gasteiger partial charge in [0.25, 0.3) is 0 Å². The van der Waals surface area contributed by atoms with E-state index in [0.29, 0.717) is 0 Å². The van der Waals surface area contributed by atoms with Crippen LogP contribution in [0.15, 0.2) is 16.9 Å². The third-order valence-corrected chi connectivity index (χ3v) is 1.45. The molecule has 4 nitrogen and oxygen atoms in total. The molecule has 0 saturated carbocycles. The van der Waals surface area contributed by atoms with Crippen molar-refractivity contribution in [2.24, 2.45) is 0 Å². The first-order valence-electron chi connectivity index (χ1n) is 3.32. The van der Waals surface area contributed by atoms with E-state index in [2.05, 4.69) is 4.74 Å². The molecule has 0 amide bonds. The quantitative estimate of drug-likeness (QED) is 0.492. The summed E-state index contributed by atoms with van der Waals surface area (Å²) in [6.07, 6.45) is 2.43. The van der Waals surface area contributed by atoms with Gasteiger partial charge >= 0.3 is 5.97 Å². The highest BCUT2D eigenvalue weighted by molar-refractivity contribution is 6.04. The topological polar surface area (TPSA) is 56.5 Å². The van der Waals surface area contributed by atoms with E-state index in [9.17, 15) is 9.59 Å². The number of hydrogen-bond acceptors (Lipinski definition) is 4. The fourth-order valence-corrected chi connectivity index (χ4v) is 0.838. The van der Waals surface area contributed by atoms with Crippen LogP contribution in [0.4, 0.5) is 0 Å². The summed E-state index contributed by atoms with van der Waals surface area (Å²) in [5.41, 5.74) is 0.423. The van der Waals surface area contributed by atoms with E-state index in [0.717, 1.165) is 0 Å². The molecular formula is C8H8O4. The monoisotopic (exact) mass is 168 g/mol. The first-order chi connectivity index (χ1) is 5.66. The minimum atomic E-state index is -0.561. The van der Waals surface area contributed by atoms with Crippen molar-refractivity contribution < 1.29 is 18.7 Å². The van der Waals surface area contributed by atoms with Crippen molar-refractivity contribution in [1.82, 2.24) is 0 Å². The maximum Gasteiger partial charge on any atom is 0.341 e. The third-order valence-electron chi connectivity index (χ3n) is 1.45. The van der Waals surface area contributed by atoms with Crippen LogP contribution in [0.25, 0.3) is 0 Å². The fraction of sp³-hybridized carbons (Fsp3) is 0.250. The maximum atomic E-state index is 11.0. The van der Waals surface area contributed by atoms with Gasteiger partial charge in [0.2, 0.25) is 0 Å². The number of Topliss-reactive ketones (excluding diaryl/α,β-unsaturated/α-hetero) is 1. The number of hydrogen-bond donors (Lipinski definition) is 0. The predicted octanol–water partition coefficient (Wildman–Crippen LogP) is 1.27. The second-order valence-corrected chi connectivity index (χ2v) is 2.25. The van der Waals surface area contributed by atoms with Gasteiger partial charge in [0.1, 0.15) is 18.1 Å². The van der Waals surface area contributed by atoms with Gasteiger partial charge in [-0.05, 0) is 6.92 Å². The fourth-order valence-electron chi connectivity index (χ4n) is 0.838. The number of furan rings is 1. The van der Waals surface area contributed by atoms with Crippen LogP contribution in [0.5, 0.6) is 0 Å². The highest BCUT2D eigenvalue weighted by atomic mass is 16.5. The number of carbonyl (C=O) groups excluding carboxylic acids is 2. The van der Waals surface area contributed by atoms with E-state index >= 15 is 0 Å². The van der Waals surface area contributed by atoms with Gasteiger partial charge in [-0.3, -0.25) is 4.79 Å². The molecule has 0 N–H and O–H groups in total. The lowest BCUT2D eigenvalue weighted by Crippen LogP contribution is -2.05. The zero-order valence-electron chi connectivity index (χ0n) is 6.79. The number of methoxy groups -OCH3 is 1. The molecule has 1 heterocycles. The molecule has 0 aromatic carbocycles. The number of ketones is 1. The van der Waals surface area contributed by atoms with Crippen LogP contribution in [0.1, 0.15) is 27.6 Å². The number of esters is 1. The van der Waals surface area contributed by atoms with Crippen molar-refractivity contribution in [2.75, 3.05) is 7.11 Å². The average molecular weight is 168 g/mol.